The Labute approximate surface area is 152 Å². The van der Waals surface area contributed by atoms with Gasteiger partial charge in [0.15, 0.2) is 0 Å². The highest BCUT2D eigenvalue weighted by atomic mass is 32.2. The highest BCUT2D eigenvalue weighted by Crippen LogP contribution is 2.21. The summed E-state index contributed by atoms with van der Waals surface area (Å²) < 4.78 is 42.1. The van der Waals surface area contributed by atoms with Gasteiger partial charge in [-0.25, -0.2) is 13.1 Å². The first kappa shape index (κ1) is 18.7. The van der Waals surface area contributed by atoms with Crippen molar-refractivity contribution >= 4 is 32.8 Å². The van der Waals surface area contributed by atoms with Gasteiger partial charge in [0.05, 0.1) is 24.9 Å². The Morgan fingerprint density at radius 3 is 2.76 bits per heavy atom. The lowest BCUT2D eigenvalue weighted by atomic mass is 10.0. The Kier molecular flexibility index (Phi) is 6.00. The lowest BCUT2D eigenvalue weighted by molar-refractivity contribution is 0.0134. The number of hydrogen-bond donors (Lipinski definition) is 1. The minimum Gasteiger partial charge on any atom is -0.379 e. The minimum atomic E-state index is -3.63. The highest BCUT2D eigenvalue weighted by Gasteiger charge is 2.25. The molecular weight excluding hydrogens is 360 g/mol. The molecule has 7 nitrogen and oxygen atoms in total. The fraction of sp³-hybridized carbons (Fsp3) is 0.625. The van der Waals surface area contributed by atoms with Crippen molar-refractivity contribution in [2.24, 2.45) is 5.92 Å². The predicted octanol–water partition coefficient (Wildman–Crippen LogP) is 1.72. The van der Waals surface area contributed by atoms with E-state index in [2.05, 4.69) is 32.2 Å². The normalized spacial score (nSPS) is 18.0. The Hall–Kier alpha value is -1.13. The number of benzene rings is 1. The van der Waals surface area contributed by atoms with Gasteiger partial charge in [-0.2, -0.15) is 8.75 Å². The largest absolute Gasteiger partial charge is 0.379 e. The van der Waals surface area contributed by atoms with Crippen LogP contribution in [-0.4, -0.2) is 61.0 Å². The number of sulfonamides is 1. The fourth-order valence-corrected chi connectivity index (χ4v) is 4.97. The van der Waals surface area contributed by atoms with Gasteiger partial charge in [-0.1, -0.05) is 19.9 Å². The average Bonchev–Trinajstić information content (AvgIpc) is 3.07. The van der Waals surface area contributed by atoms with Crippen molar-refractivity contribution in [3.05, 3.63) is 18.2 Å². The second kappa shape index (κ2) is 8.05. The molecule has 1 aliphatic heterocycles. The summed E-state index contributed by atoms with van der Waals surface area (Å²) in [4.78, 5) is 2.51. The molecule has 1 N–H and O–H groups in total. The second-order valence-corrected chi connectivity index (χ2v) is 8.94. The third kappa shape index (κ3) is 4.53. The quantitative estimate of drug-likeness (QED) is 0.782. The number of nitrogens with one attached hydrogen (secondary N) is 1. The Balaban J connectivity index is 1.75. The van der Waals surface area contributed by atoms with Gasteiger partial charge in [0.25, 0.3) is 0 Å². The molecule has 1 aliphatic rings. The van der Waals surface area contributed by atoms with E-state index in [-0.39, 0.29) is 10.9 Å². The molecule has 0 radical (unpaired) electrons. The number of fused-ring (bicyclic) bond motifs is 1. The lowest BCUT2D eigenvalue weighted by Crippen LogP contribution is -2.49. The number of rotatable bonds is 7. The van der Waals surface area contributed by atoms with Gasteiger partial charge < -0.3 is 4.74 Å². The van der Waals surface area contributed by atoms with Gasteiger partial charge in [-0.3, -0.25) is 4.90 Å². The molecule has 0 unspecified atom stereocenters. The second-order valence-electron chi connectivity index (χ2n) is 6.67. The number of aromatic nitrogens is 2. The Morgan fingerprint density at radius 2 is 2.04 bits per heavy atom. The van der Waals surface area contributed by atoms with Crippen LogP contribution < -0.4 is 4.72 Å². The van der Waals surface area contributed by atoms with Crippen LogP contribution in [0.3, 0.4) is 0 Å². The van der Waals surface area contributed by atoms with E-state index in [4.69, 9.17) is 4.74 Å². The van der Waals surface area contributed by atoms with Gasteiger partial charge in [0, 0.05) is 25.7 Å². The standard InChI is InChI=1S/C16H24N4O3S2/c1-12(2)10-13(20-6-8-23-9-7-20)11-17-25(21,22)15-5-3-4-14-16(15)19-24-18-14/h3-5,12-13,17H,6-11H2,1-2H3/t13-/m0/s1. The van der Waals surface area contributed by atoms with Crippen LogP contribution in [0.15, 0.2) is 23.1 Å². The zero-order chi connectivity index (χ0) is 17.9. The summed E-state index contributed by atoms with van der Waals surface area (Å²) in [7, 11) is -3.63. The molecule has 1 saturated heterocycles. The van der Waals surface area contributed by atoms with E-state index in [1.165, 1.54) is 0 Å². The first-order valence-electron chi connectivity index (χ1n) is 8.50. The van der Waals surface area contributed by atoms with Gasteiger partial charge >= 0.3 is 0 Å². The van der Waals surface area contributed by atoms with Gasteiger partial charge in [-0.05, 0) is 24.5 Å². The van der Waals surface area contributed by atoms with Crippen LogP contribution >= 0.6 is 11.7 Å². The van der Waals surface area contributed by atoms with E-state index in [0.29, 0.717) is 36.7 Å². The van der Waals surface area contributed by atoms with Crippen molar-refractivity contribution in [3.8, 4) is 0 Å². The van der Waals surface area contributed by atoms with E-state index in [9.17, 15) is 8.42 Å². The molecule has 0 spiro atoms. The maximum atomic E-state index is 12.8. The van der Waals surface area contributed by atoms with Crippen LogP contribution in [0.2, 0.25) is 0 Å². The van der Waals surface area contributed by atoms with Gasteiger partial charge in [0.1, 0.15) is 15.9 Å². The van der Waals surface area contributed by atoms with Crippen LogP contribution in [0.1, 0.15) is 20.3 Å². The van der Waals surface area contributed by atoms with Crippen LogP contribution in [0.4, 0.5) is 0 Å². The number of hydrogen-bond acceptors (Lipinski definition) is 7. The van der Waals surface area contributed by atoms with E-state index in [1.54, 1.807) is 18.2 Å². The summed E-state index contributed by atoms with van der Waals surface area (Å²) >= 11 is 1.02. The molecular formula is C16H24N4O3S2. The summed E-state index contributed by atoms with van der Waals surface area (Å²) in [5.41, 5.74) is 1.05. The van der Waals surface area contributed by atoms with Gasteiger partial charge in [-0.15, -0.1) is 0 Å². The summed E-state index contributed by atoms with van der Waals surface area (Å²) in [5, 5.41) is 0. The molecule has 0 bridgehead atoms. The Bertz CT molecular complexity index is 801. The molecule has 0 saturated carbocycles. The first-order chi connectivity index (χ1) is 12.0. The minimum absolute atomic E-state index is 0.159. The SMILES string of the molecule is CC(C)C[C@@H](CNS(=O)(=O)c1cccc2nsnc12)N1CCOCC1. The van der Waals surface area contributed by atoms with Crippen molar-refractivity contribution in [1.82, 2.24) is 18.4 Å². The summed E-state index contributed by atoms with van der Waals surface area (Å²) in [6, 6.07) is 5.21. The lowest BCUT2D eigenvalue weighted by Gasteiger charge is -2.35. The molecule has 0 aliphatic carbocycles. The molecule has 2 aromatic rings. The molecule has 9 heteroatoms. The zero-order valence-electron chi connectivity index (χ0n) is 14.5. The van der Waals surface area contributed by atoms with Crippen LogP contribution in [0.5, 0.6) is 0 Å². The number of morpholine rings is 1. The fourth-order valence-electron chi connectivity index (χ4n) is 3.13. The van der Waals surface area contributed by atoms with E-state index >= 15 is 0 Å². The van der Waals surface area contributed by atoms with E-state index in [0.717, 1.165) is 31.2 Å². The molecule has 1 fully saturated rings. The topological polar surface area (TPSA) is 84.4 Å². The van der Waals surface area contributed by atoms with Crippen molar-refractivity contribution in [2.75, 3.05) is 32.8 Å². The molecule has 138 valence electrons. The maximum Gasteiger partial charge on any atom is 0.242 e. The molecule has 1 aromatic carbocycles. The predicted molar refractivity (Wildman–Crippen MR) is 98.2 cm³/mol. The van der Waals surface area contributed by atoms with Crippen molar-refractivity contribution in [3.63, 3.8) is 0 Å². The molecule has 3 rings (SSSR count). The number of ether oxygens (including phenoxy) is 1. The van der Waals surface area contributed by atoms with Crippen molar-refractivity contribution in [2.45, 2.75) is 31.2 Å². The third-order valence-corrected chi connectivity index (χ3v) is 6.35. The maximum absolute atomic E-state index is 12.8. The first-order valence-corrected chi connectivity index (χ1v) is 10.7. The average molecular weight is 385 g/mol. The van der Waals surface area contributed by atoms with E-state index < -0.39 is 10.0 Å². The smallest absolute Gasteiger partial charge is 0.242 e. The van der Waals surface area contributed by atoms with Gasteiger partial charge in [0.2, 0.25) is 10.0 Å². The molecule has 25 heavy (non-hydrogen) atoms. The summed E-state index contributed by atoms with van der Waals surface area (Å²) in [6.45, 7) is 7.77. The highest BCUT2D eigenvalue weighted by molar-refractivity contribution is 7.89. The number of nitrogens with zero attached hydrogens (tertiary/aromatic N) is 3. The monoisotopic (exact) mass is 384 g/mol. The molecule has 0 amide bonds. The summed E-state index contributed by atoms with van der Waals surface area (Å²) in [5.74, 6) is 0.489. The van der Waals surface area contributed by atoms with Crippen LogP contribution in [0, 0.1) is 5.92 Å². The summed E-state index contributed by atoms with van der Waals surface area (Å²) in [6.07, 6.45) is 0.935. The van der Waals surface area contributed by atoms with Crippen molar-refractivity contribution < 1.29 is 13.2 Å². The van der Waals surface area contributed by atoms with Crippen LogP contribution in [0.25, 0.3) is 11.0 Å². The Morgan fingerprint density at radius 1 is 1.28 bits per heavy atom. The van der Waals surface area contributed by atoms with Crippen LogP contribution in [-0.2, 0) is 14.8 Å². The van der Waals surface area contributed by atoms with E-state index in [1.807, 2.05) is 0 Å². The third-order valence-electron chi connectivity index (χ3n) is 4.35. The molecule has 2 heterocycles. The molecule has 1 aromatic heterocycles. The van der Waals surface area contributed by atoms with Crippen molar-refractivity contribution in [1.29, 1.82) is 0 Å². The zero-order valence-corrected chi connectivity index (χ0v) is 16.1. The molecule has 1 atom stereocenters.